The first-order valence-corrected chi connectivity index (χ1v) is 7.41. The highest BCUT2D eigenvalue weighted by molar-refractivity contribution is 7.98. The normalized spacial score (nSPS) is 10.5. The molecule has 0 atom stereocenters. The number of carboxylic acids is 1. The Balaban J connectivity index is 1.65. The van der Waals surface area contributed by atoms with Crippen LogP contribution in [0, 0.1) is 0 Å². The summed E-state index contributed by atoms with van der Waals surface area (Å²) in [6.07, 6.45) is 1.66. The molecule has 0 aliphatic heterocycles. The van der Waals surface area contributed by atoms with Crippen molar-refractivity contribution < 1.29 is 14.3 Å². The third-order valence-electron chi connectivity index (χ3n) is 2.85. The number of carbonyl (C=O) groups is 1. The van der Waals surface area contributed by atoms with Crippen molar-refractivity contribution in [1.82, 2.24) is 15.2 Å². The molecule has 1 N–H and O–H groups in total. The first-order valence-electron chi connectivity index (χ1n) is 6.42. The molecule has 0 amide bonds. The van der Waals surface area contributed by atoms with Crippen molar-refractivity contribution in [2.45, 2.75) is 11.0 Å². The summed E-state index contributed by atoms with van der Waals surface area (Å²) in [5, 5.41) is 17.2. The van der Waals surface area contributed by atoms with Gasteiger partial charge in [-0.05, 0) is 29.8 Å². The van der Waals surface area contributed by atoms with Crippen molar-refractivity contribution in [2.24, 2.45) is 0 Å². The molecule has 6 nitrogen and oxygen atoms in total. The van der Waals surface area contributed by atoms with Gasteiger partial charge in [-0.15, -0.1) is 10.2 Å². The van der Waals surface area contributed by atoms with E-state index in [1.54, 1.807) is 36.5 Å². The number of hydrogen-bond donors (Lipinski definition) is 1. The minimum Gasteiger partial charge on any atom is -0.478 e. The van der Waals surface area contributed by atoms with E-state index < -0.39 is 5.97 Å². The lowest BCUT2D eigenvalue weighted by Crippen LogP contribution is -1.95. The van der Waals surface area contributed by atoms with Crippen LogP contribution >= 0.6 is 11.8 Å². The Morgan fingerprint density at radius 2 is 1.95 bits per heavy atom. The Morgan fingerprint density at radius 3 is 2.64 bits per heavy atom. The van der Waals surface area contributed by atoms with E-state index in [1.165, 1.54) is 11.8 Å². The largest absolute Gasteiger partial charge is 0.478 e. The molecule has 2 aromatic heterocycles. The first-order chi connectivity index (χ1) is 10.7. The second kappa shape index (κ2) is 6.40. The summed E-state index contributed by atoms with van der Waals surface area (Å²) < 4.78 is 5.54. The van der Waals surface area contributed by atoms with Gasteiger partial charge >= 0.3 is 5.97 Å². The number of pyridine rings is 1. The van der Waals surface area contributed by atoms with Crippen molar-refractivity contribution >= 4 is 17.7 Å². The van der Waals surface area contributed by atoms with Crippen LogP contribution in [0.2, 0.25) is 0 Å². The molecule has 3 rings (SSSR count). The predicted octanol–water partition coefficient (Wildman–Crippen LogP) is 3.12. The topological polar surface area (TPSA) is 89.1 Å². The molecule has 3 aromatic rings. The number of aromatic nitrogens is 3. The Morgan fingerprint density at radius 1 is 1.14 bits per heavy atom. The number of nitrogens with zero attached hydrogens (tertiary/aromatic N) is 3. The van der Waals surface area contributed by atoms with Crippen LogP contribution in [0.15, 0.2) is 58.3 Å². The molecule has 2 heterocycles. The van der Waals surface area contributed by atoms with Crippen LogP contribution in [0.1, 0.15) is 15.9 Å². The third kappa shape index (κ3) is 3.32. The monoisotopic (exact) mass is 313 g/mol. The van der Waals surface area contributed by atoms with E-state index in [4.69, 9.17) is 9.52 Å². The van der Waals surface area contributed by atoms with Crippen LogP contribution < -0.4 is 0 Å². The van der Waals surface area contributed by atoms with Crippen LogP contribution in [0.4, 0.5) is 0 Å². The van der Waals surface area contributed by atoms with E-state index in [9.17, 15) is 4.79 Å². The molecule has 0 aliphatic carbocycles. The van der Waals surface area contributed by atoms with Crippen LogP contribution in [-0.4, -0.2) is 26.3 Å². The highest BCUT2D eigenvalue weighted by Crippen LogP contribution is 2.24. The lowest BCUT2D eigenvalue weighted by Gasteiger charge is -1.99. The number of aromatic carboxylic acids is 1. The Labute approximate surface area is 130 Å². The molecule has 7 heteroatoms. The quantitative estimate of drug-likeness (QED) is 0.724. The zero-order valence-corrected chi connectivity index (χ0v) is 12.2. The Bertz CT molecular complexity index is 772. The van der Waals surface area contributed by atoms with E-state index in [1.807, 2.05) is 12.1 Å². The highest BCUT2D eigenvalue weighted by Gasteiger charge is 2.10. The maximum atomic E-state index is 10.8. The highest BCUT2D eigenvalue weighted by atomic mass is 32.2. The maximum absolute atomic E-state index is 10.8. The van der Waals surface area contributed by atoms with E-state index in [0.29, 0.717) is 22.6 Å². The number of carboxylic acid groups (broad SMARTS) is 1. The fourth-order valence-corrected chi connectivity index (χ4v) is 2.47. The molecule has 0 saturated carbocycles. The van der Waals surface area contributed by atoms with E-state index >= 15 is 0 Å². The second-order valence-electron chi connectivity index (χ2n) is 4.38. The first kappa shape index (κ1) is 14.3. The average Bonchev–Trinajstić information content (AvgIpc) is 3.03. The molecular formula is C15H11N3O3S. The lowest BCUT2D eigenvalue weighted by atomic mass is 10.1. The molecule has 0 aliphatic rings. The van der Waals surface area contributed by atoms with Gasteiger partial charge in [0.1, 0.15) is 5.69 Å². The number of rotatable bonds is 5. The summed E-state index contributed by atoms with van der Waals surface area (Å²) in [6.45, 7) is 0. The van der Waals surface area contributed by atoms with Gasteiger partial charge in [0.25, 0.3) is 11.1 Å². The molecule has 0 saturated heterocycles. The van der Waals surface area contributed by atoms with Gasteiger partial charge in [0, 0.05) is 11.9 Å². The molecule has 0 unspecified atom stereocenters. The number of benzene rings is 1. The summed E-state index contributed by atoms with van der Waals surface area (Å²) in [6, 6.07) is 12.2. The molecule has 1 aromatic carbocycles. The van der Waals surface area contributed by atoms with Gasteiger partial charge < -0.3 is 9.52 Å². The van der Waals surface area contributed by atoms with E-state index in [2.05, 4.69) is 15.2 Å². The summed E-state index contributed by atoms with van der Waals surface area (Å²) in [7, 11) is 0. The van der Waals surface area contributed by atoms with Crippen molar-refractivity contribution in [1.29, 1.82) is 0 Å². The summed E-state index contributed by atoms with van der Waals surface area (Å²) in [4.78, 5) is 14.9. The SMILES string of the molecule is O=C(O)c1ccc(CSc2nnc(-c3ccccn3)o2)cc1. The number of thioether (sulfide) groups is 1. The standard InChI is InChI=1S/C15H11N3O3S/c19-14(20)11-6-4-10(5-7-11)9-22-15-18-17-13(21-15)12-3-1-2-8-16-12/h1-8H,9H2,(H,19,20). The zero-order valence-electron chi connectivity index (χ0n) is 11.3. The second-order valence-corrected chi connectivity index (χ2v) is 5.31. The average molecular weight is 313 g/mol. The third-order valence-corrected chi connectivity index (χ3v) is 3.74. The fourth-order valence-electron chi connectivity index (χ4n) is 1.75. The summed E-state index contributed by atoms with van der Waals surface area (Å²) >= 11 is 1.39. The Hall–Kier alpha value is -2.67. The zero-order chi connectivity index (χ0) is 15.4. The van der Waals surface area contributed by atoms with Crippen molar-refractivity contribution in [3.05, 3.63) is 59.8 Å². The molecule has 0 bridgehead atoms. The molecule has 0 fully saturated rings. The van der Waals surface area contributed by atoms with Gasteiger partial charge in [-0.25, -0.2) is 4.79 Å². The van der Waals surface area contributed by atoms with Gasteiger partial charge in [0.2, 0.25) is 0 Å². The molecule has 0 spiro atoms. The summed E-state index contributed by atoms with van der Waals surface area (Å²) in [5.41, 5.74) is 1.88. The molecular weight excluding hydrogens is 302 g/mol. The van der Waals surface area contributed by atoms with Crippen LogP contribution in [0.3, 0.4) is 0 Å². The maximum Gasteiger partial charge on any atom is 0.335 e. The van der Waals surface area contributed by atoms with Gasteiger partial charge in [-0.3, -0.25) is 4.98 Å². The molecule has 0 radical (unpaired) electrons. The molecule has 22 heavy (non-hydrogen) atoms. The fraction of sp³-hybridized carbons (Fsp3) is 0.0667. The van der Waals surface area contributed by atoms with Crippen molar-refractivity contribution in [2.75, 3.05) is 0 Å². The lowest BCUT2D eigenvalue weighted by molar-refractivity contribution is 0.0697. The van der Waals surface area contributed by atoms with Gasteiger partial charge in [0.05, 0.1) is 5.56 Å². The van der Waals surface area contributed by atoms with Gasteiger partial charge in [0.15, 0.2) is 0 Å². The Kier molecular flexibility index (Phi) is 4.15. The minimum atomic E-state index is -0.934. The van der Waals surface area contributed by atoms with E-state index in [0.717, 1.165) is 5.56 Å². The van der Waals surface area contributed by atoms with Crippen LogP contribution in [0.25, 0.3) is 11.6 Å². The minimum absolute atomic E-state index is 0.268. The van der Waals surface area contributed by atoms with Crippen molar-refractivity contribution in [3.8, 4) is 11.6 Å². The predicted molar refractivity (Wildman–Crippen MR) is 80.5 cm³/mol. The summed E-state index contributed by atoms with van der Waals surface area (Å²) in [5.74, 6) is 0.0597. The van der Waals surface area contributed by atoms with Crippen LogP contribution in [-0.2, 0) is 5.75 Å². The van der Waals surface area contributed by atoms with Gasteiger partial charge in [-0.2, -0.15) is 0 Å². The molecule has 110 valence electrons. The smallest absolute Gasteiger partial charge is 0.335 e. The van der Waals surface area contributed by atoms with Crippen LogP contribution in [0.5, 0.6) is 0 Å². The van der Waals surface area contributed by atoms with Gasteiger partial charge in [-0.1, -0.05) is 30.0 Å². The number of hydrogen-bond acceptors (Lipinski definition) is 6. The van der Waals surface area contributed by atoms with Crippen molar-refractivity contribution in [3.63, 3.8) is 0 Å². The van der Waals surface area contributed by atoms with E-state index in [-0.39, 0.29) is 5.56 Å².